The van der Waals surface area contributed by atoms with Gasteiger partial charge < -0.3 is 14.2 Å². The normalized spacial score (nSPS) is 25.9. The zero-order valence-electron chi connectivity index (χ0n) is 18.1. The Morgan fingerprint density at radius 3 is 1.28 bits per heavy atom. The predicted octanol–water partition coefficient (Wildman–Crippen LogP) is 6.40. The van der Waals surface area contributed by atoms with Crippen LogP contribution in [-0.2, 0) is 14.2 Å². The highest BCUT2D eigenvalue weighted by molar-refractivity contribution is 5.26. The molecule has 0 bridgehead atoms. The molecule has 0 saturated carbocycles. The van der Waals surface area contributed by atoms with Crippen molar-refractivity contribution < 1.29 is 14.2 Å². The van der Waals surface area contributed by atoms with Crippen LogP contribution in [0.1, 0.15) is 76.7 Å². The smallest absolute Gasteiger partial charge is 0.118 e. The fourth-order valence-corrected chi connectivity index (χ4v) is 4.84. The molecule has 2 aliphatic rings. The van der Waals surface area contributed by atoms with Gasteiger partial charge in [-0.1, -0.05) is 88.4 Å². The van der Waals surface area contributed by atoms with Gasteiger partial charge in [0.05, 0.1) is 11.2 Å². The molecule has 156 valence electrons. The van der Waals surface area contributed by atoms with Crippen LogP contribution in [0.25, 0.3) is 0 Å². The molecule has 4 atom stereocenters. The van der Waals surface area contributed by atoms with E-state index in [1.165, 1.54) is 11.1 Å². The first-order chi connectivity index (χ1) is 14.1. The topological polar surface area (TPSA) is 34.3 Å². The molecular weight excluding hydrogens is 360 g/mol. The van der Waals surface area contributed by atoms with E-state index in [9.17, 15) is 0 Å². The van der Waals surface area contributed by atoms with E-state index in [1.807, 2.05) is 0 Å². The largest absolute Gasteiger partial charge is 0.363 e. The average molecular weight is 395 g/mol. The van der Waals surface area contributed by atoms with Crippen molar-refractivity contribution in [1.29, 1.82) is 0 Å². The number of hydrogen-bond acceptors (Lipinski definition) is 3. The standard InChI is InChI=1S/C26H34O3/c1-5-25(6-2)23(28-25)21(19-15-11-9-12-16-19)27-22(20-17-13-10-14-18-20)24-26(7-3,8-4)29-24/h9-18,21-24H,5-8H2,1-4H3. The van der Waals surface area contributed by atoms with Crippen LogP contribution in [0.2, 0.25) is 0 Å². The van der Waals surface area contributed by atoms with Crippen LogP contribution in [0.3, 0.4) is 0 Å². The van der Waals surface area contributed by atoms with Crippen molar-refractivity contribution in [2.45, 2.75) is 89.0 Å². The van der Waals surface area contributed by atoms with E-state index in [4.69, 9.17) is 14.2 Å². The van der Waals surface area contributed by atoms with Crippen molar-refractivity contribution in [3.63, 3.8) is 0 Å². The predicted molar refractivity (Wildman–Crippen MR) is 116 cm³/mol. The van der Waals surface area contributed by atoms with Gasteiger partial charge in [0.25, 0.3) is 0 Å². The highest BCUT2D eigenvalue weighted by Gasteiger charge is 2.62. The summed E-state index contributed by atoms with van der Waals surface area (Å²) in [5.74, 6) is 0. The molecule has 4 rings (SSSR count). The molecule has 2 heterocycles. The van der Waals surface area contributed by atoms with Crippen LogP contribution >= 0.6 is 0 Å². The van der Waals surface area contributed by atoms with Gasteiger partial charge in [-0.2, -0.15) is 0 Å². The van der Waals surface area contributed by atoms with Crippen LogP contribution < -0.4 is 0 Å². The Labute approximate surface area is 175 Å². The lowest BCUT2D eigenvalue weighted by Crippen LogP contribution is -2.26. The van der Waals surface area contributed by atoms with Crippen LogP contribution in [0.5, 0.6) is 0 Å². The van der Waals surface area contributed by atoms with Gasteiger partial charge in [-0.25, -0.2) is 0 Å². The maximum atomic E-state index is 6.94. The fraction of sp³-hybridized carbons (Fsp3) is 0.538. The second kappa shape index (κ2) is 8.22. The summed E-state index contributed by atoms with van der Waals surface area (Å²) >= 11 is 0. The Morgan fingerprint density at radius 1 is 0.655 bits per heavy atom. The summed E-state index contributed by atoms with van der Waals surface area (Å²) in [6.45, 7) is 8.85. The van der Waals surface area contributed by atoms with Gasteiger partial charge in [0.2, 0.25) is 0 Å². The highest BCUT2D eigenvalue weighted by Crippen LogP contribution is 2.55. The maximum Gasteiger partial charge on any atom is 0.118 e. The summed E-state index contributed by atoms with van der Waals surface area (Å²) in [6, 6.07) is 21.1. The van der Waals surface area contributed by atoms with E-state index in [1.54, 1.807) is 0 Å². The highest BCUT2D eigenvalue weighted by atomic mass is 16.7. The molecule has 0 aliphatic carbocycles. The molecule has 2 aromatic rings. The van der Waals surface area contributed by atoms with E-state index >= 15 is 0 Å². The van der Waals surface area contributed by atoms with Crippen molar-refractivity contribution >= 4 is 0 Å². The number of rotatable bonds is 10. The first kappa shape index (κ1) is 20.6. The number of hydrogen-bond donors (Lipinski definition) is 0. The van der Waals surface area contributed by atoms with Crippen molar-refractivity contribution in [3.05, 3.63) is 71.8 Å². The molecule has 2 aromatic carbocycles. The SMILES string of the molecule is CCC1(CC)OC1C(OC(c1ccccc1)C1OC1(CC)CC)c1ccccc1. The molecule has 3 nitrogen and oxygen atoms in total. The zero-order chi connectivity index (χ0) is 20.5. The molecule has 0 N–H and O–H groups in total. The van der Waals surface area contributed by atoms with Gasteiger partial charge in [0.15, 0.2) is 0 Å². The van der Waals surface area contributed by atoms with Crippen LogP contribution in [0, 0.1) is 0 Å². The molecule has 0 radical (unpaired) electrons. The van der Waals surface area contributed by atoms with E-state index in [0.29, 0.717) is 0 Å². The van der Waals surface area contributed by atoms with Crippen LogP contribution in [0.4, 0.5) is 0 Å². The molecular formula is C26H34O3. The zero-order valence-corrected chi connectivity index (χ0v) is 18.1. The van der Waals surface area contributed by atoms with Crippen molar-refractivity contribution in [2.75, 3.05) is 0 Å². The number of epoxide rings is 2. The maximum absolute atomic E-state index is 6.94. The lowest BCUT2D eigenvalue weighted by atomic mass is 9.90. The summed E-state index contributed by atoms with van der Waals surface area (Å²) in [6.07, 6.45) is 3.99. The van der Waals surface area contributed by atoms with Gasteiger partial charge in [-0.15, -0.1) is 0 Å². The lowest BCUT2D eigenvalue weighted by Gasteiger charge is -2.26. The lowest BCUT2D eigenvalue weighted by molar-refractivity contribution is -0.0424. The van der Waals surface area contributed by atoms with Gasteiger partial charge >= 0.3 is 0 Å². The second-order valence-corrected chi connectivity index (χ2v) is 8.42. The third kappa shape index (κ3) is 3.76. The molecule has 0 aromatic heterocycles. The van der Waals surface area contributed by atoms with E-state index in [0.717, 1.165) is 25.7 Å². The number of benzene rings is 2. The average Bonchev–Trinajstić information content (AvgIpc) is 3.70. The Balaban J connectivity index is 1.66. The van der Waals surface area contributed by atoms with Gasteiger partial charge in [-0.3, -0.25) is 0 Å². The van der Waals surface area contributed by atoms with Crippen molar-refractivity contribution in [3.8, 4) is 0 Å². The second-order valence-electron chi connectivity index (χ2n) is 8.42. The minimum absolute atomic E-state index is 0.0707. The summed E-state index contributed by atoms with van der Waals surface area (Å²) in [7, 11) is 0. The third-order valence-electron chi connectivity index (χ3n) is 7.14. The summed E-state index contributed by atoms with van der Waals surface area (Å²) < 4.78 is 19.5. The first-order valence-electron chi connectivity index (χ1n) is 11.2. The molecule has 4 unspecified atom stereocenters. The Bertz CT molecular complexity index is 713. The molecule has 0 amide bonds. The fourth-order valence-electron chi connectivity index (χ4n) is 4.84. The Kier molecular flexibility index (Phi) is 5.83. The van der Waals surface area contributed by atoms with Gasteiger partial charge in [0, 0.05) is 0 Å². The molecule has 3 heteroatoms. The molecule has 2 saturated heterocycles. The van der Waals surface area contributed by atoms with Gasteiger partial charge in [0.1, 0.15) is 24.4 Å². The van der Waals surface area contributed by atoms with Gasteiger partial charge in [-0.05, 0) is 36.8 Å². The quantitative estimate of drug-likeness (QED) is 0.437. The first-order valence-corrected chi connectivity index (χ1v) is 11.2. The van der Waals surface area contributed by atoms with Crippen molar-refractivity contribution in [1.82, 2.24) is 0 Å². The third-order valence-corrected chi connectivity index (χ3v) is 7.14. The summed E-state index contributed by atoms with van der Waals surface area (Å²) in [4.78, 5) is 0. The summed E-state index contributed by atoms with van der Waals surface area (Å²) in [5, 5.41) is 0. The van der Waals surface area contributed by atoms with Crippen LogP contribution in [-0.4, -0.2) is 23.4 Å². The van der Waals surface area contributed by atoms with E-state index in [-0.39, 0.29) is 35.6 Å². The van der Waals surface area contributed by atoms with Crippen LogP contribution in [0.15, 0.2) is 60.7 Å². The van der Waals surface area contributed by atoms with Crippen molar-refractivity contribution in [2.24, 2.45) is 0 Å². The van der Waals surface area contributed by atoms with E-state index in [2.05, 4.69) is 88.4 Å². The monoisotopic (exact) mass is 394 g/mol. The van der Waals surface area contributed by atoms with E-state index < -0.39 is 0 Å². The minimum atomic E-state index is -0.100. The minimum Gasteiger partial charge on any atom is -0.363 e. The molecule has 0 spiro atoms. The molecule has 29 heavy (non-hydrogen) atoms. The molecule has 2 fully saturated rings. The molecule has 2 aliphatic heterocycles. The Morgan fingerprint density at radius 2 is 1.00 bits per heavy atom. The number of ether oxygens (including phenoxy) is 3. The Hall–Kier alpha value is -1.68. The summed E-state index contributed by atoms with van der Waals surface area (Å²) in [5.41, 5.74) is 2.22.